The lowest BCUT2D eigenvalue weighted by Gasteiger charge is -2.44. The highest BCUT2D eigenvalue weighted by molar-refractivity contribution is 4.84. The van der Waals surface area contributed by atoms with E-state index in [-0.39, 0.29) is 0 Å². The van der Waals surface area contributed by atoms with E-state index in [1.807, 2.05) is 0 Å². The Balaban J connectivity index is 1.93. The lowest BCUT2D eigenvalue weighted by atomic mass is 9.86. The minimum Gasteiger partial charge on any atom is -0.324 e. The average Bonchev–Trinajstić information content (AvgIpc) is 2.40. The van der Waals surface area contributed by atoms with Crippen LogP contribution in [0.2, 0.25) is 0 Å². The van der Waals surface area contributed by atoms with E-state index in [2.05, 4.69) is 21.0 Å². The number of unbranched alkanes of at least 4 members (excludes halogenated alkanes) is 1. The molecule has 2 rings (SSSR count). The van der Waals surface area contributed by atoms with E-state index in [9.17, 15) is 0 Å². The summed E-state index contributed by atoms with van der Waals surface area (Å²) in [6, 6.07) is 1.99. The predicted octanol–water partition coefficient (Wildman–Crippen LogP) is 3.19. The second-order valence-corrected chi connectivity index (χ2v) is 5.99. The molecule has 0 N–H and O–H groups in total. The maximum absolute atomic E-state index is 2.46. The Bertz CT molecular complexity index is 181. The van der Waals surface area contributed by atoms with E-state index >= 15 is 0 Å². The first-order chi connectivity index (χ1) is 6.64. The van der Waals surface area contributed by atoms with Gasteiger partial charge in [-0.3, -0.25) is 0 Å². The molecule has 2 atom stereocenters. The Morgan fingerprint density at radius 1 is 1.07 bits per heavy atom. The van der Waals surface area contributed by atoms with Crippen molar-refractivity contribution in [2.75, 3.05) is 14.1 Å². The van der Waals surface area contributed by atoms with Crippen LogP contribution in [-0.4, -0.2) is 30.7 Å². The van der Waals surface area contributed by atoms with Gasteiger partial charge in [0, 0.05) is 25.7 Å². The van der Waals surface area contributed by atoms with Crippen LogP contribution < -0.4 is 0 Å². The first-order valence-electron chi connectivity index (χ1n) is 6.48. The lowest BCUT2D eigenvalue weighted by molar-refractivity contribution is -0.931. The zero-order valence-corrected chi connectivity index (χ0v) is 10.1. The third-order valence-corrected chi connectivity index (χ3v) is 4.89. The molecule has 2 fully saturated rings. The third kappa shape index (κ3) is 1.71. The van der Waals surface area contributed by atoms with Gasteiger partial charge in [-0.1, -0.05) is 19.8 Å². The summed E-state index contributed by atoms with van der Waals surface area (Å²) >= 11 is 0. The molecule has 2 saturated heterocycles. The van der Waals surface area contributed by atoms with Crippen LogP contribution in [0.5, 0.6) is 0 Å². The summed E-state index contributed by atoms with van der Waals surface area (Å²) in [5, 5.41) is 0. The second kappa shape index (κ2) is 3.84. The molecule has 2 heterocycles. The van der Waals surface area contributed by atoms with Gasteiger partial charge in [0.1, 0.15) is 0 Å². The fourth-order valence-corrected chi connectivity index (χ4v) is 3.72. The van der Waals surface area contributed by atoms with Gasteiger partial charge < -0.3 is 4.48 Å². The zero-order valence-electron chi connectivity index (χ0n) is 10.1. The summed E-state index contributed by atoms with van der Waals surface area (Å²) in [4.78, 5) is 0. The van der Waals surface area contributed by atoms with Crippen molar-refractivity contribution in [2.24, 2.45) is 5.92 Å². The Morgan fingerprint density at radius 2 is 1.64 bits per heavy atom. The molecule has 0 saturated carbocycles. The molecule has 0 spiro atoms. The maximum atomic E-state index is 2.46. The number of hydrogen-bond acceptors (Lipinski definition) is 0. The van der Waals surface area contributed by atoms with Crippen molar-refractivity contribution < 1.29 is 4.48 Å². The van der Waals surface area contributed by atoms with Gasteiger partial charge in [0.15, 0.2) is 0 Å². The van der Waals surface area contributed by atoms with Gasteiger partial charge in [0.05, 0.1) is 26.2 Å². The standard InChI is InChI=1S/C13H26N/c1-4-5-6-11-9-12-7-8-13(10-11)14(12,2)3/h11-13H,4-10H2,1-3H3/q+1. The van der Waals surface area contributed by atoms with E-state index in [0.717, 1.165) is 18.0 Å². The molecular formula is C13H26N+. The predicted molar refractivity (Wildman–Crippen MR) is 61.2 cm³/mol. The Hall–Kier alpha value is -0.0400. The minimum absolute atomic E-state index is 0.996. The molecule has 2 aliphatic heterocycles. The molecule has 2 bridgehead atoms. The molecule has 0 aromatic heterocycles. The number of hydrogen-bond donors (Lipinski definition) is 0. The molecule has 0 radical (unpaired) electrons. The fraction of sp³-hybridized carbons (Fsp3) is 1.00. The number of nitrogens with zero attached hydrogens (tertiary/aromatic N) is 1. The number of piperidine rings is 1. The minimum atomic E-state index is 0.996. The lowest BCUT2D eigenvalue weighted by Crippen LogP contribution is -2.54. The highest BCUT2D eigenvalue weighted by atomic mass is 15.4. The van der Waals surface area contributed by atoms with Crippen molar-refractivity contribution in [3.05, 3.63) is 0 Å². The van der Waals surface area contributed by atoms with Gasteiger partial charge in [-0.2, -0.15) is 0 Å². The normalized spacial score (nSPS) is 40.1. The highest BCUT2D eigenvalue weighted by Crippen LogP contribution is 2.43. The summed E-state index contributed by atoms with van der Waals surface area (Å²) in [6.07, 6.45) is 10.4. The molecule has 2 unspecified atom stereocenters. The molecule has 0 aliphatic carbocycles. The van der Waals surface area contributed by atoms with Gasteiger partial charge in [-0.05, 0) is 12.3 Å². The zero-order chi connectivity index (χ0) is 10.2. The fourth-order valence-electron chi connectivity index (χ4n) is 3.72. The Morgan fingerprint density at radius 3 is 2.14 bits per heavy atom. The molecule has 14 heavy (non-hydrogen) atoms. The first-order valence-corrected chi connectivity index (χ1v) is 6.48. The molecule has 1 heteroatoms. The topological polar surface area (TPSA) is 0 Å². The molecule has 2 aliphatic rings. The monoisotopic (exact) mass is 196 g/mol. The SMILES string of the molecule is CCCCC1CC2CCC(C1)[N+]2(C)C. The summed E-state index contributed by atoms with van der Waals surface area (Å²) < 4.78 is 1.34. The summed E-state index contributed by atoms with van der Waals surface area (Å²) in [5.74, 6) is 1.07. The van der Waals surface area contributed by atoms with Gasteiger partial charge in [0.25, 0.3) is 0 Å². The van der Waals surface area contributed by atoms with Crippen LogP contribution in [0.1, 0.15) is 51.9 Å². The van der Waals surface area contributed by atoms with Crippen molar-refractivity contribution in [1.82, 2.24) is 0 Å². The molecule has 82 valence electrons. The van der Waals surface area contributed by atoms with E-state index in [4.69, 9.17) is 0 Å². The van der Waals surface area contributed by atoms with Crippen LogP contribution in [0.4, 0.5) is 0 Å². The van der Waals surface area contributed by atoms with E-state index < -0.39 is 0 Å². The van der Waals surface area contributed by atoms with E-state index in [1.165, 1.54) is 49.4 Å². The van der Waals surface area contributed by atoms with Crippen molar-refractivity contribution >= 4 is 0 Å². The molecular weight excluding hydrogens is 170 g/mol. The smallest absolute Gasteiger partial charge is 0.0893 e. The van der Waals surface area contributed by atoms with Crippen molar-refractivity contribution in [2.45, 2.75) is 64.0 Å². The largest absolute Gasteiger partial charge is 0.324 e. The van der Waals surface area contributed by atoms with Crippen molar-refractivity contribution in [3.8, 4) is 0 Å². The molecule has 1 nitrogen and oxygen atoms in total. The number of fused-ring (bicyclic) bond motifs is 2. The second-order valence-electron chi connectivity index (χ2n) is 5.99. The Labute approximate surface area is 89.1 Å². The van der Waals surface area contributed by atoms with Crippen LogP contribution in [-0.2, 0) is 0 Å². The first kappa shape index (κ1) is 10.5. The van der Waals surface area contributed by atoms with E-state index in [0.29, 0.717) is 0 Å². The number of rotatable bonds is 3. The molecule has 0 amide bonds. The molecule has 0 aromatic carbocycles. The van der Waals surface area contributed by atoms with Gasteiger partial charge in [0.2, 0.25) is 0 Å². The van der Waals surface area contributed by atoms with Crippen LogP contribution in [0.15, 0.2) is 0 Å². The van der Waals surface area contributed by atoms with Crippen LogP contribution >= 0.6 is 0 Å². The number of quaternary nitrogens is 1. The van der Waals surface area contributed by atoms with Crippen LogP contribution in [0, 0.1) is 5.92 Å². The Kier molecular flexibility index (Phi) is 2.88. The summed E-state index contributed by atoms with van der Waals surface area (Å²) in [6.45, 7) is 2.32. The quantitative estimate of drug-likeness (QED) is 0.608. The van der Waals surface area contributed by atoms with Gasteiger partial charge >= 0.3 is 0 Å². The van der Waals surface area contributed by atoms with Crippen LogP contribution in [0.25, 0.3) is 0 Å². The van der Waals surface area contributed by atoms with E-state index in [1.54, 1.807) is 0 Å². The average molecular weight is 196 g/mol. The van der Waals surface area contributed by atoms with Crippen molar-refractivity contribution in [1.29, 1.82) is 0 Å². The van der Waals surface area contributed by atoms with Gasteiger partial charge in [-0.25, -0.2) is 0 Å². The van der Waals surface area contributed by atoms with Crippen molar-refractivity contribution in [3.63, 3.8) is 0 Å². The summed E-state index contributed by atoms with van der Waals surface area (Å²) in [5.41, 5.74) is 0. The maximum Gasteiger partial charge on any atom is 0.0893 e. The molecule has 0 aromatic rings. The van der Waals surface area contributed by atoms with Gasteiger partial charge in [-0.15, -0.1) is 0 Å². The third-order valence-electron chi connectivity index (χ3n) is 4.89. The highest BCUT2D eigenvalue weighted by Gasteiger charge is 2.48. The van der Waals surface area contributed by atoms with Crippen LogP contribution in [0.3, 0.4) is 0 Å². The summed E-state index contributed by atoms with van der Waals surface area (Å²) in [7, 11) is 4.91.